The molecule has 0 saturated carbocycles. The second-order valence-electron chi connectivity index (χ2n) is 3.95. The summed E-state index contributed by atoms with van der Waals surface area (Å²) in [4.78, 5) is 10.5. The molecule has 5 heteroatoms. The number of azo groups is 1. The fraction of sp³-hybridized carbons (Fsp3) is 0.0714. The summed E-state index contributed by atoms with van der Waals surface area (Å²) in [6, 6.07) is 14.3. The average molecular weight is 255 g/mol. The molecular weight excluding hydrogens is 242 g/mol. The van der Waals surface area contributed by atoms with Gasteiger partial charge in [0, 0.05) is 0 Å². The van der Waals surface area contributed by atoms with Gasteiger partial charge in [-0.2, -0.15) is 10.2 Å². The van der Waals surface area contributed by atoms with Crippen molar-refractivity contribution in [1.82, 2.24) is 0 Å². The minimum absolute atomic E-state index is 0.377. The van der Waals surface area contributed by atoms with Crippen LogP contribution >= 0.6 is 0 Å². The highest BCUT2D eigenvalue weighted by Crippen LogP contribution is 2.21. The molecule has 0 spiro atoms. The van der Waals surface area contributed by atoms with Crippen molar-refractivity contribution in [3.05, 3.63) is 54.1 Å². The van der Waals surface area contributed by atoms with E-state index >= 15 is 0 Å². The Morgan fingerprint density at radius 2 is 1.42 bits per heavy atom. The van der Waals surface area contributed by atoms with E-state index in [0.717, 1.165) is 5.69 Å². The molecule has 0 saturated heterocycles. The van der Waals surface area contributed by atoms with Crippen LogP contribution in [0.4, 0.5) is 16.2 Å². The number of amides is 1. The first-order chi connectivity index (χ1) is 9.13. The number of primary amides is 1. The number of benzene rings is 2. The van der Waals surface area contributed by atoms with Crippen molar-refractivity contribution in [1.29, 1.82) is 0 Å². The summed E-state index contributed by atoms with van der Waals surface area (Å²) < 4.78 is 4.71. The highest BCUT2D eigenvalue weighted by molar-refractivity contribution is 5.68. The van der Waals surface area contributed by atoms with Crippen molar-refractivity contribution >= 4 is 17.5 Å². The zero-order chi connectivity index (χ0) is 13.7. The van der Waals surface area contributed by atoms with Gasteiger partial charge in [-0.3, -0.25) is 0 Å². The lowest BCUT2D eigenvalue weighted by Crippen LogP contribution is -2.15. The second kappa shape index (κ2) is 5.77. The maximum atomic E-state index is 10.5. The fourth-order valence-corrected chi connectivity index (χ4v) is 1.42. The predicted octanol–water partition coefficient (Wildman–Crippen LogP) is 3.87. The van der Waals surface area contributed by atoms with Crippen LogP contribution < -0.4 is 10.5 Å². The number of hydrogen-bond donors (Lipinski definition) is 1. The van der Waals surface area contributed by atoms with Gasteiger partial charge in [-0.25, -0.2) is 4.79 Å². The number of hydrogen-bond acceptors (Lipinski definition) is 4. The van der Waals surface area contributed by atoms with Crippen molar-refractivity contribution in [2.45, 2.75) is 6.92 Å². The van der Waals surface area contributed by atoms with Crippen molar-refractivity contribution in [2.24, 2.45) is 16.0 Å². The molecule has 0 aliphatic rings. The molecule has 2 N–H and O–H groups in total. The zero-order valence-corrected chi connectivity index (χ0v) is 10.4. The molecule has 0 heterocycles. The van der Waals surface area contributed by atoms with E-state index in [4.69, 9.17) is 10.5 Å². The summed E-state index contributed by atoms with van der Waals surface area (Å²) in [6.45, 7) is 2.01. The van der Waals surface area contributed by atoms with E-state index in [9.17, 15) is 4.79 Å². The predicted molar refractivity (Wildman–Crippen MR) is 72.0 cm³/mol. The average Bonchev–Trinajstić information content (AvgIpc) is 2.39. The molecule has 2 aromatic carbocycles. The molecule has 0 unspecified atom stereocenters. The van der Waals surface area contributed by atoms with Crippen LogP contribution in [0, 0.1) is 6.92 Å². The summed E-state index contributed by atoms with van der Waals surface area (Å²) in [5, 5.41) is 8.18. The zero-order valence-electron chi connectivity index (χ0n) is 10.4. The molecule has 0 radical (unpaired) electrons. The Kier molecular flexibility index (Phi) is 3.87. The summed E-state index contributed by atoms with van der Waals surface area (Å²) in [5.41, 5.74) is 7.52. The summed E-state index contributed by atoms with van der Waals surface area (Å²) in [6.07, 6.45) is -0.839. The first kappa shape index (κ1) is 12.8. The maximum Gasteiger partial charge on any atom is 0.409 e. The lowest BCUT2D eigenvalue weighted by atomic mass is 10.2. The monoisotopic (exact) mass is 255 g/mol. The molecule has 2 rings (SSSR count). The molecule has 0 aromatic heterocycles. The molecular formula is C14H13N3O2. The minimum atomic E-state index is -0.839. The SMILES string of the molecule is Cc1ccc(N=Nc2ccc(OC(N)=O)cc2)cc1. The van der Waals surface area contributed by atoms with Crippen molar-refractivity contribution in [2.75, 3.05) is 0 Å². The van der Waals surface area contributed by atoms with Crippen LogP contribution in [0.5, 0.6) is 5.75 Å². The van der Waals surface area contributed by atoms with Crippen LogP contribution in [0.15, 0.2) is 58.8 Å². The van der Waals surface area contributed by atoms with Crippen LogP contribution in [0.25, 0.3) is 0 Å². The first-order valence-electron chi connectivity index (χ1n) is 5.69. The highest BCUT2D eigenvalue weighted by Gasteiger charge is 1.98. The minimum Gasteiger partial charge on any atom is -0.411 e. The van der Waals surface area contributed by atoms with Crippen molar-refractivity contribution in [3.63, 3.8) is 0 Å². The molecule has 0 aliphatic heterocycles. The molecule has 0 atom stereocenters. The van der Waals surface area contributed by atoms with Gasteiger partial charge in [0.05, 0.1) is 11.4 Å². The van der Waals surface area contributed by atoms with E-state index < -0.39 is 6.09 Å². The standard InChI is InChI=1S/C14H13N3O2/c1-10-2-4-11(5-3-10)16-17-12-6-8-13(9-7-12)19-14(15)18/h2-9H,1H3,(H2,15,18). The Morgan fingerprint density at radius 1 is 0.947 bits per heavy atom. The molecule has 0 aliphatic carbocycles. The Bertz CT molecular complexity index is 589. The van der Waals surface area contributed by atoms with Gasteiger partial charge in [-0.1, -0.05) is 17.7 Å². The number of carbonyl (C=O) groups excluding carboxylic acids is 1. The number of aryl methyl sites for hydroxylation is 1. The van der Waals surface area contributed by atoms with Gasteiger partial charge in [0.2, 0.25) is 0 Å². The third-order valence-corrected chi connectivity index (χ3v) is 2.37. The molecule has 19 heavy (non-hydrogen) atoms. The topological polar surface area (TPSA) is 77.0 Å². The van der Waals surface area contributed by atoms with Gasteiger partial charge in [0.25, 0.3) is 0 Å². The lowest BCUT2D eigenvalue weighted by Gasteiger charge is -1.99. The van der Waals surface area contributed by atoms with Gasteiger partial charge >= 0.3 is 6.09 Å². The summed E-state index contributed by atoms with van der Waals surface area (Å²) in [7, 11) is 0. The molecule has 2 aromatic rings. The molecule has 1 amide bonds. The molecule has 5 nitrogen and oxygen atoms in total. The number of ether oxygens (including phenoxy) is 1. The van der Waals surface area contributed by atoms with E-state index in [-0.39, 0.29) is 0 Å². The van der Waals surface area contributed by atoms with Gasteiger partial charge in [0.1, 0.15) is 5.75 Å². The van der Waals surface area contributed by atoms with Crippen molar-refractivity contribution in [3.8, 4) is 5.75 Å². The van der Waals surface area contributed by atoms with Gasteiger partial charge in [-0.15, -0.1) is 0 Å². The Labute approximate surface area is 110 Å². The van der Waals surface area contributed by atoms with Gasteiger partial charge < -0.3 is 10.5 Å². The number of rotatable bonds is 3. The normalized spacial score (nSPS) is 10.6. The smallest absolute Gasteiger partial charge is 0.409 e. The van der Waals surface area contributed by atoms with Crippen molar-refractivity contribution < 1.29 is 9.53 Å². The van der Waals surface area contributed by atoms with E-state index in [2.05, 4.69) is 10.2 Å². The maximum absolute atomic E-state index is 10.5. The quantitative estimate of drug-likeness (QED) is 0.845. The molecule has 0 bridgehead atoms. The second-order valence-corrected chi connectivity index (χ2v) is 3.95. The van der Waals surface area contributed by atoms with Crippen LogP contribution in [0.1, 0.15) is 5.56 Å². The van der Waals surface area contributed by atoms with E-state index in [1.165, 1.54) is 5.56 Å². The first-order valence-corrected chi connectivity index (χ1v) is 5.69. The third kappa shape index (κ3) is 3.92. The van der Waals surface area contributed by atoms with Crippen LogP contribution in [0.2, 0.25) is 0 Å². The molecule has 96 valence electrons. The van der Waals surface area contributed by atoms with Gasteiger partial charge in [0.15, 0.2) is 0 Å². The third-order valence-electron chi connectivity index (χ3n) is 2.37. The number of nitrogens with two attached hydrogens (primary N) is 1. The summed E-state index contributed by atoms with van der Waals surface area (Å²) >= 11 is 0. The largest absolute Gasteiger partial charge is 0.411 e. The number of carbonyl (C=O) groups is 1. The lowest BCUT2D eigenvalue weighted by molar-refractivity contribution is 0.211. The molecule has 0 fully saturated rings. The van der Waals surface area contributed by atoms with E-state index in [1.54, 1.807) is 24.3 Å². The highest BCUT2D eigenvalue weighted by atomic mass is 16.5. The van der Waals surface area contributed by atoms with E-state index in [1.807, 2.05) is 31.2 Å². The Hall–Kier alpha value is -2.69. The van der Waals surface area contributed by atoms with Crippen LogP contribution in [-0.2, 0) is 0 Å². The van der Waals surface area contributed by atoms with Crippen LogP contribution in [0.3, 0.4) is 0 Å². The fourth-order valence-electron chi connectivity index (χ4n) is 1.42. The summed E-state index contributed by atoms with van der Waals surface area (Å²) in [5.74, 6) is 0.377. The Morgan fingerprint density at radius 3 is 1.89 bits per heavy atom. The van der Waals surface area contributed by atoms with Crippen LogP contribution in [-0.4, -0.2) is 6.09 Å². The van der Waals surface area contributed by atoms with E-state index in [0.29, 0.717) is 11.4 Å². The number of nitrogens with zero attached hydrogens (tertiary/aromatic N) is 2. The Balaban J connectivity index is 2.06. The van der Waals surface area contributed by atoms with Gasteiger partial charge in [-0.05, 0) is 43.3 Å².